The molecule has 0 radical (unpaired) electrons. The van der Waals surface area contributed by atoms with Crippen LogP contribution in [0.2, 0.25) is 0 Å². The number of hydrogen-bond donors (Lipinski definition) is 1. The second kappa shape index (κ2) is 3.32. The minimum atomic E-state index is 0.132. The molecule has 0 saturated heterocycles. The summed E-state index contributed by atoms with van der Waals surface area (Å²) in [4.78, 5) is 5.61. The van der Waals surface area contributed by atoms with E-state index >= 15 is 0 Å². The predicted octanol–water partition coefficient (Wildman–Crippen LogP) is 2.03. The Kier molecular flexibility index (Phi) is 2.62. The molecule has 0 spiro atoms. The van der Waals surface area contributed by atoms with Crippen molar-refractivity contribution in [2.24, 2.45) is 5.73 Å². The van der Waals surface area contributed by atoms with E-state index in [0.717, 1.165) is 12.1 Å². The molecule has 3 heteroatoms. The van der Waals surface area contributed by atoms with Crippen molar-refractivity contribution in [3.05, 3.63) is 15.6 Å². The molecule has 62 valence electrons. The van der Waals surface area contributed by atoms with E-state index in [4.69, 9.17) is 5.73 Å². The zero-order valence-corrected chi connectivity index (χ0v) is 8.03. The summed E-state index contributed by atoms with van der Waals surface area (Å²) in [5.74, 6) is 0. The summed E-state index contributed by atoms with van der Waals surface area (Å²) in [6.45, 7) is 6.14. The maximum absolute atomic E-state index is 5.75. The van der Waals surface area contributed by atoms with Gasteiger partial charge in [0.2, 0.25) is 0 Å². The molecule has 1 rings (SSSR count). The first-order chi connectivity index (χ1) is 5.15. The summed E-state index contributed by atoms with van der Waals surface area (Å²) in [6, 6.07) is 0.132. The Bertz CT molecular complexity index is 240. The van der Waals surface area contributed by atoms with Crippen molar-refractivity contribution in [3.63, 3.8) is 0 Å². The van der Waals surface area contributed by atoms with Crippen LogP contribution < -0.4 is 5.73 Å². The van der Waals surface area contributed by atoms with Crippen molar-refractivity contribution in [2.45, 2.75) is 33.2 Å². The van der Waals surface area contributed by atoms with Gasteiger partial charge < -0.3 is 5.73 Å². The maximum atomic E-state index is 5.75. The summed E-state index contributed by atoms with van der Waals surface area (Å²) in [5, 5.41) is 1.19. The van der Waals surface area contributed by atoms with E-state index in [2.05, 4.69) is 11.9 Å². The minimum absolute atomic E-state index is 0.132. The van der Waals surface area contributed by atoms with Crippen molar-refractivity contribution in [1.82, 2.24) is 4.98 Å². The fourth-order valence-electron chi connectivity index (χ4n) is 1.04. The highest BCUT2D eigenvalue weighted by molar-refractivity contribution is 7.11. The van der Waals surface area contributed by atoms with Crippen LogP contribution in [0.4, 0.5) is 0 Å². The molecule has 1 atom stereocenters. The highest BCUT2D eigenvalue weighted by atomic mass is 32.1. The molecule has 11 heavy (non-hydrogen) atoms. The first-order valence-electron chi connectivity index (χ1n) is 3.87. The van der Waals surface area contributed by atoms with E-state index in [1.807, 2.05) is 13.8 Å². The molecule has 0 fully saturated rings. The molecular weight excluding hydrogens is 156 g/mol. The second-order valence-electron chi connectivity index (χ2n) is 2.70. The number of thiazole rings is 1. The van der Waals surface area contributed by atoms with E-state index in [1.165, 1.54) is 9.88 Å². The molecule has 1 aromatic rings. The second-order valence-corrected chi connectivity index (χ2v) is 3.81. The smallest absolute Gasteiger partial charge is 0.0928 e. The quantitative estimate of drug-likeness (QED) is 0.737. The van der Waals surface area contributed by atoms with Crippen LogP contribution in [0.3, 0.4) is 0 Å². The van der Waals surface area contributed by atoms with Crippen molar-refractivity contribution >= 4 is 11.3 Å². The molecule has 0 aliphatic carbocycles. The molecule has 0 amide bonds. The summed E-state index contributed by atoms with van der Waals surface area (Å²) in [7, 11) is 0. The zero-order chi connectivity index (χ0) is 8.43. The molecule has 0 aromatic carbocycles. The van der Waals surface area contributed by atoms with Crippen molar-refractivity contribution in [3.8, 4) is 0 Å². The number of aryl methyl sites for hydroxylation is 2. The van der Waals surface area contributed by atoms with E-state index in [0.29, 0.717) is 0 Å². The lowest BCUT2D eigenvalue weighted by Gasteiger charge is -1.99. The minimum Gasteiger partial charge on any atom is -0.323 e. The topological polar surface area (TPSA) is 38.9 Å². The van der Waals surface area contributed by atoms with Crippen LogP contribution in [0.1, 0.15) is 35.5 Å². The lowest BCUT2D eigenvalue weighted by molar-refractivity contribution is 0.824. The normalized spacial score (nSPS) is 13.5. The van der Waals surface area contributed by atoms with Gasteiger partial charge in [0.15, 0.2) is 0 Å². The van der Waals surface area contributed by atoms with E-state index in [1.54, 1.807) is 11.3 Å². The molecule has 0 bridgehead atoms. The highest BCUT2D eigenvalue weighted by Crippen LogP contribution is 2.23. The van der Waals surface area contributed by atoms with Crippen LogP contribution in [0.25, 0.3) is 0 Å². The third-order valence-corrected chi connectivity index (χ3v) is 3.10. The Morgan fingerprint density at radius 2 is 2.27 bits per heavy atom. The number of rotatable bonds is 2. The van der Waals surface area contributed by atoms with E-state index in [-0.39, 0.29) is 6.04 Å². The summed E-state index contributed by atoms with van der Waals surface area (Å²) in [5.41, 5.74) is 6.85. The van der Waals surface area contributed by atoms with E-state index < -0.39 is 0 Å². The Balaban J connectivity index is 2.97. The lowest BCUT2D eigenvalue weighted by Crippen LogP contribution is -2.03. The van der Waals surface area contributed by atoms with E-state index in [9.17, 15) is 0 Å². The SMILES string of the molecule is CCc1nc(C)c(C(C)N)s1. The third kappa shape index (κ3) is 1.79. The molecular formula is C8H14N2S. The number of nitrogens with two attached hydrogens (primary N) is 1. The summed E-state index contributed by atoms with van der Waals surface area (Å²) in [6.07, 6.45) is 1.01. The summed E-state index contributed by atoms with van der Waals surface area (Å²) < 4.78 is 0. The molecule has 0 aliphatic rings. The molecule has 2 N–H and O–H groups in total. The predicted molar refractivity (Wildman–Crippen MR) is 48.8 cm³/mol. The molecule has 1 unspecified atom stereocenters. The van der Waals surface area contributed by atoms with Gasteiger partial charge >= 0.3 is 0 Å². The van der Waals surface area contributed by atoms with Crippen molar-refractivity contribution in [2.75, 3.05) is 0 Å². The van der Waals surface area contributed by atoms with Crippen LogP contribution >= 0.6 is 11.3 Å². The van der Waals surface area contributed by atoms with Crippen LogP contribution in [0.15, 0.2) is 0 Å². The van der Waals surface area contributed by atoms with Crippen molar-refractivity contribution < 1.29 is 0 Å². The van der Waals surface area contributed by atoms with Gasteiger partial charge in [-0.3, -0.25) is 0 Å². The van der Waals surface area contributed by atoms with Crippen LogP contribution in [0.5, 0.6) is 0 Å². The maximum Gasteiger partial charge on any atom is 0.0928 e. The Morgan fingerprint density at radius 1 is 1.64 bits per heavy atom. The van der Waals surface area contributed by atoms with Gasteiger partial charge in [0.25, 0.3) is 0 Å². The van der Waals surface area contributed by atoms with Crippen molar-refractivity contribution in [1.29, 1.82) is 0 Å². The zero-order valence-electron chi connectivity index (χ0n) is 7.22. The highest BCUT2D eigenvalue weighted by Gasteiger charge is 2.08. The van der Waals surface area contributed by atoms with Crippen LogP contribution in [-0.2, 0) is 6.42 Å². The van der Waals surface area contributed by atoms with Gasteiger partial charge in [-0.15, -0.1) is 11.3 Å². The number of aromatic nitrogens is 1. The fraction of sp³-hybridized carbons (Fsp3) is 0.625. The Morgan fingerprint density at radius 3 is 2.55 bits per heavy atom. The number of nitrogens with zero attached hydrogens (tertiary/aromatic N) is 1. The molecule has 0 saturated carbocycles. The lowest BCUT2D eigenvalue weighted by atomic mass is 10.2. The molecule has 0 aliphatic heterocycles. The first-order valence-corrected chi connectivity index (χ1v) is 4.68. The number of hydrogen-bond acceptors (Lipinski definition) is 3. The van der Waals surface area contributed by atoms with Gasteiger partial charge in [0, 0.05) is 10.9 Å². The van der Waals surface area contributed by atoms with Crippen LogP contribution in [0, 0.1) is 6.92 Å². The fourth-order valence-corrected chi connectivity index (χ4v) is 2.00. The third-order valence-electron chi connectivity index (χ3n) is 1.59. The monoisotopic (exact) mass is 170 g/mol. The standard InChI is InChI=1S/C8H14N2S/c1-4-7-10-6(3)8(11-7)5(2)9/h5H,4,9H2,1-3H3. The molecule has 1 heterocycles. The van der Waals surface area contributed by atoms with Gasteiger partial charge in [0.1, 0.15) is 0 Å². The van der Waals surface area contributed by atoms with Gasteiger partial charge in [-0.25, -0.2) is 4.98 Å². The van der Waals surface area contributed by atoms with Gasteiger partial charge in [-0.05, 0) is 20.3 Å². The van der Waals surface area contributed by atoms with Gasteiger partial charge in [0.05, 0.1) is 10.7 Å². The largest absolute Gasteiger partial charge is 0.323 e. The molecule has 2 nitrogen and oxygen atoms in total. The summed E-state index contributed by atoms with van der Waals surface area (Å²) >= 11 is 1.73. The average molecular weight is 170 g/mol. The van der Waals surface area contributed by atoms with Gasteiger partial charge in [-0.1, -0.05) is 6.92 Å². The molecule has 1 aromatic heterocycles. The van der Waals surface area contributed by atoms with Gasteiger partial charge in [-0.2, -0.15) is 0 Å². The Hall–Kier alpha value is -0.410. The van der Waals surface area contributed by atoms with Crippen LogP contribution in [-0.4, -0.2) is 4.98 Å². The first kappa shape index (κ1) is 8.68. The Labute approximate surface area is 71.5 Å². The average Bonchev–Trinajstić information content (AvgIpc) is 2.30.